The minimum absolute atomic E-state index is 0.0369. The van der Waals surface area contributed by atoms with Crippen molar-refractivity contribution < 1.29 is 4.79 Å². The zero-order valence-electron chi connectivity index (χ0n) is 12.7. The van der Waals surface area contributed by atoms with E-state index in [0.717, 1.165) is 24.6 Å². The van der Waals surface area contributed by atoms with Gasteiger partial charge in [0, 0.05) is 26.2 Å². The van der Waals surface area contributed by atoms with Crippen LogP contribution in [0.25, 0.3) is 0 Å². The maximum Gasteiger partial charge on any atom is 0.268 e. The number of aromatic nitrogens is 1. The molecule has 0 spiro atoms. The Labute approximate surface area is 124 Å². The SMILES string of the molecule is CCN(C)c1nc(N)c(C(=O)N2CCCC(C)C2C)s1. The predicted octanol–water partition coefficient (Wildman–Crippen LogP) is 2.44. The molecular formula is C14H24N4OS. The number of hydrogen-bond acceptors (Lipinski definition) is 5. The Balaban J connectivity index is 2.22. The summed E-state index contributed by atoms with van der Waals surface area (Å²) < 4.78 is 0. The van der Waals surface area contributed by atoms with Crippen LogP contribution in [0.1, 0.15) is 43.3 Å². The van der Waals surface area contributed by atoms with Gasteiger partial charge in [-0.1, -0.05) is 18.3 Å². The lowest BCUT2D eigenvalue weighted by molar-refractivity contribution is 0.0557. The summed E-state index contributed by atoms with van der Waals surface area (Å²) in [6.45, 7) is 8.04. The monoisotopic (exact) mass is 296 g/mol. The van der Waals surface area contributed by atoms with Gasteiger partial charge in [0.1, 0.15) is 10.7 Å². The van der Waals surface area contributed by atoms with Crippen molar-refractivity contribution in [2.24, 2.45) is 5.92 Å². The van der Waals surface area contributed by atoms with Gasteiger partial charge >= 0.3 is 0 Å². The van der Waals surface area contributed by atoms with E-state index in [1.165, 1.54) is 17.8 Å². The van der Waals surface area contributed by atoms with Crippen molar-refractivity contribution in [2.45, 2.75) is 39.7 Å². The number of nitrogens with two attached hydrogens (primary N) is 1. The van der Waals surface area contributed by atoms with Crippen molar-refractivity contribution in [2.75, 3.05) is 30.8 Å². The Bertz CT molecular complexity index is 488. The van der Waals surface area contributed by atoms with E-state index < -0.39 is 0 Å². The zero-order chi connectivity index (χ0) is 14.9. The molecule has 0 bridgehead atoms. The van der Waals surface area contributed by atoms with Crippen molar-refractivity contribution in [1.82, 2.24) is 9.88 Å². The molecule has 0 aliphatic carbocycles. The summed E-state index contributed by atoms with van der Waals surface area (Å²) in [5.74, 6) is 0.940. The molecule has 1 aliphatic rings. The molecule has 1 amide bonds. The lowest BCUT2D eigenvalue weighted by atomic mass is 9.92. The van der Waals surface area contributed by atoms with E-state index in [0.29, 0.717) is 16.6 Å². The Morgan fingerprint density at radius 1 is 1.55 bits per heavy atom. The molecule has 2 heterocycles. The fourth-order valence-electron chi connectivity index (χ4n) is 2.52. The molecular weight excluding hydrogens is 272 g/mol. The molecule has 2 atom stereocenters. The van der Waals surface area contributed by atoms with Crippen LogP contribution in [0, 0.1) is 5.92 Å². The number of nitrogen functional groups attached to an aromatic ring is 1. The van der Waals surface area contributed by atoms with Crippen LogP contribution in [0.4, 0.5) is 10.9 Å². The van der Waals surface area contributed by atoms with Gasteiger partial charge in [-0.05, 0) is 32.6 Å². The number of rotatable bonds is 3. The van der Waals surface area contributed by atoms with E-state index in [1.54, 1.807) is 0 Å². The largest absolute Gasteiger partial charge is 0.382 e. The second-order valence-corrected chi connectivity index (χ2v) is 6.56. The number of likely N-dealkylation sites (tertiary alicyclic amines) is 1. The lowest BCUT2D eigenvalue weighted by Crippen LogP contribution is -2.45. The van der Waals surface area contributed by atoms with Crippen LogP contribution in [-0.4, -0.2) is 42.0 Å². The number of thiazole rings is 1. The van der Waals surface area contributed by atoms with Crippen LogP contribution in [-0.2, 0) is 0 Å². The van der Waals surface area contributed by atoms with Crippen molar-refractivity contribution in [3.63, 3.8) is 0 Å². The highest BCUT2D eigenvalue weighted by Gasteiger charge is 2.31. The summed E-state index contributed by atoms with van der Waals surface area (Å²) in [6.07, 6.45) is 2.25. The molecule has 20 heavy (non-hydrogen) atoms. The van der Waals surface area contributed by atoms with Crippen LogP contribution in [0.15, 0.2) is 0 Å². The summed E-state index contributed by atoms with van der Waals surface area (Å²) in [4.78, 5) is 21.6. The molecule has 1 aromatic heterocycles. The average Bonchev–Trinajstić information content (AvgIpc) is 2.82. The van der Waals surface area contributed by atoms with Gasteiger partial charge in [0.2, 0.25) is 0 Å². The van der Waals surface area contributed by atoms with E-state index in [9.17, 15) is 4.79 Å². The van der Waals surface area contributed by atoms with E-state index >= 15 is 0 Å². The van der Waals surface area contributed by atoms with Gasteiger partial charge in [-0.3, -0.25) is 4.79 Å². The van der Waals surface area contributed by atoms with Gasteiger partial charge in [0.25, 0.3) is 5.91 Å². The molecule has 5 nitrogen and oxygen atoms in total. The van der Waals surface area contributed by atoms with E-state index in [-0.39, 0.29) is 11.9 Å². The Kier molecular flexibility index (Phi) is 4.52. The molecule has 112 valence electrons. The summed E-state index contributed by atoms with van der Waals surface area (Å²) in [7, 11) is 1.96. The zero-order valence-corrected chi connectivity index (χ0v) is 13.5. The van der Waals surface area contributed by atoms with Gasteiger partial charge < -0.3 is 15.5 Å². The van der Waals surface area contributed by atoms with Crippen LogP contribution < -0.4 is 10.6 Å². The normalized spacial score (nSPS) is 22.9. The third-order valence-electron chi connectivity index (χ3n) is 4.27. The third kappa shape index (κ3) is 2.75. The molecule has 2 unspecified atom stereocenters. The topological polar surface area (TPSA) is 62.5 Å². The lowest BCUT2D eigenvalue weighted by Gasteiger charge is -2.37. The number of carbonyl (C=O) groups excluding carboxylic acids is 1. The molecule has 6 heteroatoms. The number of piperidine rings is 1. The first-order valence-electron chi connectivity index (χ1n) is 7.24. The molecule has 1 saturated heterocycles. The fourth-order valence-corrected chi connectivity index (χ4v) is 3.49. The van der Waals surface area contributed by atoms with Gasteiger partial charge in [-0.25, -0.2) is 4.98 Å². The smallest absolute Gasteiger partial charge is 0.268 e. The first-order valence-corrected chi connectivity index (χ1v) is 8.05. The Morgan fingerprint density at radius 3 is 2.90 bits per heavy atom. The standard InChI is InChI=1S/C14H24N4OS/c1-5-17(4)14-16-12(15)11(20-14)13(19)18-8-6-7-9(2)10(18)3/h9-10H,5-8,15H2,1-4H3. The number of amides is 1. The van der Waals surface area contributed by atoms with Gasteiger partial charge in [-0.2, -0.15) is 0 Å². The van der Waals surface area contributed by atoms with Crippen LogP contribution in [0.5, 0.6) is 0 Å². The number of carbonyl (C=O) groups is 1. The van der Waals surface area contributed by atoms with Gasteiger partial charge in [0.15, 0.2) is 5.13 Å². The molecule has 2 rings (SSSR count). The van der Waals surface area contributed by atoms with Crippen LogP contribution in [0.3, 0.4) is 0 Å². The minimum Gasteiger partial charge on any atom is -0.382 e. The summed E-state index contributed by atoms with van der Waals surface area (Å²) in [6, 6.07) is 0.269. The maximum atomic E-state index is 12.7. The molecule has 0 saturated carbocycles. The molecule has 1 aromatic rings. The third-order valence-corrected chi connectivity index (χ3v) is 5.45. The predicted molar refractivity (Wildman–Crippen MR) is 84.4 cm³/mol. The van der Waals surface area contributed by atoms with Crippen LogP contribution >= 0.6 is 11.3 Å². The summed E-state index contributed by atoms with van der Waals surface area (Å²) in [5.41, 5.74) is 5.95. The van der Waals surface area contributed by atoms with Crippen molar-refractivity contribution >= 4 is 28.2 Å². The fraction of sp³-hybridized carbons (Fsp3) is 0.714. The molecule has 0 radical (unpaired) electrons. The quantitative estimate of drug-likeness (QED) is 0.930. The Morgan fingerprint density at radius 2 is 2.25 bits per heavy atom. The second-order valence-electron chi connectivity index (χ2n) is 5.58. The van der Waals surface area contributed by atoms with E-state index in [4.69, 9.17) is 5.73 Å². The van der Waals surface area contributed by atoms with Gasteiger partial charge in [-0.15, -0.1) is 0 Å². The Hall–Kier alpha value is -1.30. The highest BCUT2D eigenvalue weighted by atomic mass is 32.1. The molecule has 0 aromatic carbocycles. The highest BCUT2D eigenvalue weighted by molar-refractivity contribution is 7.18. The van der Waals surface area contributed by atoms with Gasteiger partial charge in [0.05, 0.1) is 0 Å². The molecule has 1 aliphatic heterocycles. The number of anilines is 2. The minimum atomic E-state index is 0.0369. The van der Waals surface area contributed by atoms with Crippen molar-refractivity contribution in [3.8, 4) is 0 Å². The van der Waals surface area contributed by atoms with E-state index in [2.05, 4.69) is 18.8 Å². The summed E-state index contributed by atoms with van der Waals surface area (Å²) >= 11 is 1.40. The molecule has 2 N–H and O–H groups in total. The second kappa shape index (κ2) is 5.99. The summed E-state index contributed by atoms with van der Waals surface area (Å²) in [5, 5.41) is 0.811. The number of hydrogen-bond donors (Lipinski definition) is 1. The highest BCUT2D eigenvalue weighted by Crippen LogP contribution is 2.31. The van der Waals surface area contributed by atoms with Crippen molar-refractivity contribution in [3.05, 3.63) is 4.88 Å². The van der Waals surface area contributed by atoms with Crippen molar-refractivity contribution in [1.29, 1.82) is 0 Å². The van der Waals surface area contributed by atoms with E-state index in [1.807, 2.05) is 23.8 Å². The van der Waals surface area contributed by atoms with Crippen LogP contribution in [0.2, 0.25) is 0 Å². The molecule has 1 fully saturated rings. The maximum absolute atomic E-state index is 12.7. The number of nitrogens with zero attached hydrogens (tertiary/aromatic N) is 3. The first-order chi connectivity index (χ1) is 9.45. The average molecular weight is 296 g/mol. The first kappa shape index (κ1) is 15.1.